The first-order valence-corrected chi connectivity index (χ1v) is 11.1. The van der Waals surface area contributed by atoms with Crippen LogP contribution in [0.3, 0.4) is 0 Å². The van der Waals surface area contributed by atoms with Crippen molar-refractivity contribution in [3.63, 3.8) is 0 Å². The lowest BCUT2D eigenvalue weighted by Crippen LogP contribution is -2.27. The van der Waals surface area contributed by atoms with Crippen molar-refractivity contribution in [2.45, 2.75) is 17.3 Å². The molecule has 0 saturated heterocycles. The maximum absolute atomic E-state index is 13.4. The van der Waals surface area contributed by atoms with Crippen LogP contribution in [-0.2, 0) is 12.2 Å². The van der Waals surface area contributed by atoms with Crippen LogP contribution in [0.25, 0.3) is 5.69 Å². The largest absolute Gasteiger partial charge is 0.497 e. The second kappa shape index (κ2) is 10.7. The Morgan fingerprint density at radius 1 is 1.09 bits per heavy atom. The van der Waals surface area contributed by atoms with E-state index in [1.165, 1.54) is 28.6 Å². The number of halogens is 1. The first-order chi connectivity index (χ1) is 16.1. The number of aromatic nitrogens is 5. The van der Waals surface area contributed by atoms with Crippen molar-refractivity contribution in [2.75, 3.05) is 13.7 Å². The van der Waals surface area contributed by atoms with Gasteiger partial charge in [-0.3, -0.25) is 4.79 Å². The molecule has 2 aromatic heterocycles. The summed E-state index contributed by atoms with van der Waals surface area (Å²) in [5.74, 6) is 0.450. The van der Waals surface area contributed by atoms with Crippen molar-refractivity contribution in [1.29, 1.82) is 0 Å². The molecular weight excluding hydrogens is 443 g/mol. The summed E-state index contributed by atoms with van der Waals surface area (Å²) < 4.78 is 20.1. The van der Waals surface area contributed by atoms with E-state index in [1.54, 1.807) is 37.7 Å². The standard InChI is InChI=1S/C23H21FN6O2S/c1-32-19-9-3-16(4-10-19)11-14-25-22(31)21-20(15-33-23-26-12-2-13-27-23)30(29-28-21)18-7-5-17(24)6-8-18/h2-10,12-13H,11,14-15H2,1H3,(H,25,31). The van der Waals surface area contributed by atoms with E-state index < -0.39 is 0 Å². The molecule has 0 unspecified atom stereocenters. The molecular formula is C23H21FN6O2S. The van der Waals surface area contributed by atoms with Crippen molar-refractivity contribution in [3.8, 4) is 11.4 Å². The molecule has 4 aromatic rings. The molecule has 0 aliphatic rings. The van der Waals surface area contributed by atoms with Gasteiger partial charge in [0.1, 0.15) is 11.6 Å². The maximum Gasteiger partial charge on any atom is 0.273 e. The van der Waals surface area contributed by atoms with Crippen molar-refractivity contribution in [3.05, 3.63) is 89.8 Å². The quantitative estimate of drug-likeness (QED) is 0.299. The number of ether oxygens (including phenoxy) is 1. The van der Waals surface area contributed by atoms with Crippen LogP contribution in [-0.4, -0.2) is 44.5 Å². The van der Waals surface area contributed by atoms with Crippen LogP contribution in [0.15, 0.2) is 72.1 Å². The number of nitrogens with one attached hydrogen (secondary N) is 1. The van der Waals surface area contributed by atoms with Gasteiger partial charge in [0.05, 0.1) is 18.5 Å². The molecule has 8 nitrogen and oxygen atoms in total. The highest BCUT2D eigenvalue weighted by atomic mass is 32.2. The Kier molecular flexibility index (Phi) is 7.26. The van der Waals surface area contributed by atoms with Gasteiger partial charge >= 0.3 is 0 Å². The van der Waals surface area contributed by atoms with Gasteiger partial charge in [0.15, 0.2) is 10.9 Å². The van der Waals surface area contributed by atoms with Crippen molar-refractivity contribution < 1.29 is 13.9 Å². The monoisotopic (exact) mass is 464 g/mol. The highest BCUT2D eigenvalue weighted by Gasteiger charge is 2.21. The lowest BCUT2D eigenvalue weighted by atomic mass is 10.1. The van der Waals surface area contributed by atoms with Crippen LogP contribution in [0.5, 0.6) is 5.75 Å². The topological polar surface area (TPSA) is 94.8 Å². The van der Waals surface area contributed by atoms with Crippen molar-refractivity contribution >= 4 is 17.7 Å². The molecule has 33 heavy (non-hydrogen) atoms. The summed E-state index contributed by atoms with van der Waals surface area (Å²) >= 11 is 1.36. The zero-order valence-electron chi connectivity index (χ0n) is 17.8. The summed E-state index contributed by atoms with van der Waals surface area (Å²) in [5.41, 5.74) is 2.45. The molecule has 0 fully saturated rings. The predicted molar refractivity (Wildman–Crippen MR) is 122 cm³/mol. The number of hydrogen-bond acceptors (Lipinski definition) is 7. The number of carbonyl (C=O) groups is 1. The van der Waals surface area contributed by atoms with E-state index >= 15 is 0 Å². The Bertz CT molecular complexity index is 1200. The summed E-state index contributed by atoms with van der Waals surface area (Å²) in [6.45, 7) is 0.433. The van der Waals surface area contributed by atoms with E-state index in [-0.39, 0.29) is 17.4 Å². The predicted octanol–water partition coefficient (Wildman–Crippen LogP) is 3.47. The third-order valence-corrected chi connectivity index (χ3v) is 5.67. The van der Waals surface area contributed by atoms with Gasteiger partial charge in [0, 0.05) is 24.7 Å². The minimum Gasteiger partial charge on any atom is -0.497 e. The van der Waals surface area contributed by atoms with Gasteiger partial charge in [-0.25, -0.2) is 19.0 Å². The zero-order chi connectivity index (χ0) is 23.0. The molecule has 0 aliphatic carbocycles. The molecule has 1 amide bonds. The van der Waals surface area contributed by atoms with Gasteiger partial charge in [-0.2, -0.15) is 0 Å². The molecule has 0 atom stereocenters. The fraction of sp³-hybridized carbons (Fsp3) is 0.174. The molecule has 0 radical (unpaired) electrons. The average Bonchev–Trinajstić information content (AvgIpc) is 3.28. The van der Waals surface area contributed by atoms with Crippen LogP contribution in [0.2, 0.25) is 0 Å². The number of carbonyl (C=O) groups excluding carboxylic acids is 1. The second-order valence-electron chi connectivity index (χ2n) is 6.95. The van der Waals surface area contributed by atoms with Gasteiger partial charge < -0.3 is 10.1 Å². The van der Waals surface area contributed by atoms with Crippen molar-refractivity contribution in [1.82, 2.24) is 30.3 Å². The van der Waals surface area contributed by atoms with Crippen LogP contribution in [0, 0.1) is 5.82 Å². The Labute approximate surface area is 194 Å². The van der Waals surface area contributed by atoms with Crippen LogP contribution in [0.4, 0.5) is 4.39 Å². The van der Waals surface area contributed by atoms with Gasteiger partial charge in [0.25, 0.3) is 5.91 Å². The zero-order valence-corrected chi connectivity index (χ0v) is 18.6. The third kappa shape index (κ3) is 5.72. The molecule has 4 rings (SSSR count). The number of rotatable bonds is 9. The highest BCUT2D eigenvalue weighted by Crippen LogP contribution is 2.23. The first-order valence-electron chi connectivity index (χ1n) is 10.2. The second-order valence-corrected chi connectivity index (χ2v) is 7.89. The van der Waals surface area contributed by atoms with Crippen LogP contribution in [0.1, 0.15) is 21.7 Å². The molecule has 10 heteroatoms. The molecule has 0 spiro atoms. The normalized spacial score (nSPS) is 10.7. The fourth-order valence-electron chi connectivity index (χ4n) is 3.09. The third-order valence-electron chi connectivity index (χ3n) is 4.79. The molecule has 2 heterocycles. The summed E-state index contributed by atoms with van der Waals surface area (Å²) in [7, 11) is 1.62. The maximum atomic E-state index is 13.4. The SMILES string of the molecule is COc1ccc(CCNC(=O)c2nnn(-c3ccc(F)cc3)c2CSc2ncccn2)cc1. The Morgan fingerprint density at radius 3 is 2.52 bits per heavy atom. The first kappa shape index (κ1) is 22.4. The number of thioether (sulfide) groups is 1. The molecule has 1 N–H and O–H groups in total. The Morgan fingerprint density at radius 2 is 1.82 bits per heavy atom. The Balaban J connectivity index is 1.50. The lowest BCUT2D eigenvalue weighted by molar-refractivity contribution is 0.0948. The molecule has 0 saturated carbocycles. The van der Waals surface area contributed by atoms with Crippen molar-refractivity contribution in [2.24, 2.45) is 0 Å². The van der Waals surface area contributed by atoms with Crippen LogP contribution < -0.4 is 10.1 Å². The number of nitrogens with zero attached hydrogens (tertiary/aromatic N) is 5. The van der Waals surface area contributed by atoms with Gasteiger partial charge in [-0.15, -0.1) is 5.10 Å². The number of benzene rings is 2. The average molecular weight is 465 g/mol. The summed E-state index contributed by atoms with van der Waals surface area (Å²) in [6, 6.07) is 15.3. The summed E-state index contributed by atoms with van der Waals surface area (Å²) in [5, 5.41) is 11.7. The van der Waals surface area contributed by atoms with E-state index in [0.717, 1.165) is 11.3 Å². The van der Waals surface area contributed by atoms with E-state index in [1.807, 2.05) is 24.3 Å². The van der Waals surface area contributed by atoms with E-state index in [0.29, 0.717) is 35.3 Å². The number of amides is 1. The van der Waals surface area contributed by atoms with E-state index in [4.69, 9.17) is 4.74 Å². The minimum atomic E-state index is -0.357. The van der Waals surface area contributed by atoms with E-state index in [2.05, 4.69) is 25.6 Å². The summed E-state index contributed by atoms with van der Waals surface area (Å²) in [6.07, 6.45) is 3.96. The molecule has 0 aliphatic heterocycles. The lowest BCUT2D eigenvalue weighted by Gasteiger charge is -2.09. The fourth-order valence-corrected chi connectivity index (χ4v) is 3.88. The van der Waals surface area contributed by atoms with E-state index in [9.17, 15) is 9.18 Å². The molecule has 2 aromatic carbocycles. The molecule has 0 bridgehead atoms. The highest BCUT2D eigenvalue weighted by molar-refractivity contribution is 7.98. The minimum absolute atomic E-state index is 0.206. The van der Waals surface area contributed by atoms with Gasteiger partial charge in [-0.1, -0.05) is 29.1 Å². The summed E-state index contributed by atoms with van der Waals surface area (Å²) in [4.78, 5) is 21.3. The van der Waals surface area contributed by atoms with Gasteiger partial charge in [-0.05, 0) is 54.4 Å². The number of hydrogen-bond donors (Lipinski definition) is 1. The Hall–Kier alpha value is -3.79. The number of methoxy groups -OCH3 is 1. The smallest absolute Gasteiger partial charge is 0.273 e. The molecule has 168 valence electrons. The van der Waals surface area contributed by atoms with Crippen LogP contribution >= 0.6 is 11.8 Å². The van der Waals surface area contributed by atoms with Gasteiger partial charge in [0.2, 0.25) is 0 Å².